The van der Waals surface area contributed by atoms with E-state index in [9.17, 15) is 10.0 Å². The average molecular weight is 959 g/mol. The van der Waals surface area contributed by atoms with Crippen LogP contribution >= 0.6 is 47.8 Å². The number of hydrogen-bond donors (Lipinski definition) is 2. The van der Waals surface area contributed by atoms with Gasteiger partial charge in [-0.25, -0.2) is 0 Å². The van der Waals surface area contributed by atoms with Gasteiger partial charge < -0.3 is 10.0 Å². The van der Waals surface area contributed by atoms with Gasteiger partial charge in [-0.15, -0.1) is 0 Å². The summed E-state index contributed by atoms with van der Waals surface area (Å²) in [5.41, 5.74) is 7.96. The largest absolute Gasteiger partial charge is 0.489 e. The van der Waals surface area contributed by atoms with Gasteiger partial charge in [-0.05, 0) is 112 Å². The van der Waals surface area contributed by atoms with E-state index in [-0.39, 0.29) is 7.43 Å². The van der Waals surface area contributed by atoms with Gasteiger partial charge in [0.1, 0.15) is 0 Å². The number of benzene rings is 10. The molecule has 0 aromatic heterocycles. The monoisotopic (exact) mass is 956 g/mol. The van der Waals surface area contributed by atoms with Crippen LogP contribution in [0.4, 0.5) is 0 Å². The summed E-state index contributed by atoms with van der Waals surface area (Å²) in [7, 11) is -1.44. The lowest BCUT2D eigenvalue weighted by atomic mass is 9.76. The molecule has 2 nitrogen and oxygen atoms in total. The molecule has 0 aliphatic carbocycles. The average Bonchev–Trinajstić information content (AvgIpc) is 3.27. The molecular weight excluding hydrogens is 919 g/mol. The molecule has 0 amide bonds. The third-order valence-corrected chi connectivity index (χ3v) is 12.2. The van der Waals surface area contributed by atoms with Gasteiger partial charge >= 0.3 is 7.12 Å². The molecule has 6 heteroatoms. The molecule has 10 aromatic rings. The van der Waals surface area contributed by atoms with Crippen LogP contribution in [-0.4, -0.2) is 17.2 Å². The standard InChI is InChI=1S/C26H17Br.C14H11BO2.C12H8Br2.CH4/c27-26-12-6-5-9-22(26)18-13-15-19(16-14-18)25-17-20-7-1-2-8-21(20)23-10-3-4-11-24(23)25;16-15(17)14-9-10-5-1-2-6-11(10)12-7-3-4-8-13(12)14;13-10-7-5-9(6-8-10)11-3-1-2-4-12(11)14;/h1-17H;1-9,16-17H;1-8H;1H4. The van der Waals surface area contributed by atoms with Crippen molar-refractivity contribution in [3.05, 3.63) is 220 Å². The van der Waals surface area contributed by atoms with E-state index in [2.05, 4.69) is 181 Å². The van der Waals surface area contributed by atoms with E-state index < -0.39 is 7.12 Å². The fraction of sp³-hybridized carbons (Fsp3) is 0.0189. The van der Waals surface area contributed by atoms with Crippen LogP contribution in [0.2, 0.25) is 0 Å². The van der Waals surface area contributed by atoms with Crippen molar-refractivity contribution in [3.63, 3.8) is 0 Å². The van der Waals surface area contributed by atoms with Crippen LogP contribution in [0.15, 0.2) is 220 Å². The number of rotatable bonds is 4. The second-order valence-electron chi connectivity index (χ2n) is 13.8. The van der Waals surface area contributed by atoms with Crippen molar-refractivity contribution in [1.29, 1.82) is 0 Å². The topological polar surface area (TPSA) is 40.5 Å². The SMILES string of the molecule is Brc1ccc(-c2ccccc2Br)cc1.Brc1ccccc1-c1ccc(-c2cc3ccccc3c3ccccc23)cc1.C.OB(O)c1cc2ccccc2c2ccccc12. The van der Waals surface area contributed by atoms with Crippen molar-refractivity contribution in [2.75, 3.05) is 0 Å². The molecule has 0 atom stereocenters. The van der Waals surface area contributed by atoms with Crippen LogP contribution in [0.5, 0.6) is 0 Å². The summed E-state index contributed by atoms with van der Waals surface area (Å²) in [6.07, 6.45) is 0. The third kappa shape index (κ3) is 9.28. The lowest BCUT2D eigenvalue weighted by molar-refractivity contribution is 0.426. The van der Waals surface area contributed by atoms with Crippen molar-refractivity contribution >= 4 is 103 Å². The maximum Gasteiger partial charge on any atom is 0.489 e. The highest BCUT2D eigenvalue weighted by Crippen LogP contribution is 2.37. The summed E-state index contributed by atoms with van der Waals surface area (Å²) in [6, 6.07) is 70.9. The van der Waals surface area contributed by atoms with Crippen molar-refractivity contribution in [2.45, 2.75) is 7.43 Å². The molecule has 0 fully saturated rings. The van der Waals surface area contributed by atoms with E-state index in [1.807, 2.05) is 72.8 Å². The van der Waals surface area contributed by atoms with Gasteiger partial charge in [0.15, 0.2) is 0 Å². The van der Waals surface area contributed by atoms with Crippen LogP contribution in [0, 0.1) is 0 Å². The Hall–Kier alpha value is -5.34. The Morgan fingerprint density at radius 1 is 0.322 bits per heavy atom. The summed E-state index contributed by atoms with van der Waals surface area (Å²) < 4.78 is 3.35. The molecule has 0 unspecified atom stereocenters. The lowest BCUT2D eigenvalue weighted by Crippen LogP contribution is -2.30. The molecule has 0 aliphatic rings. The summed E-state index contributed by atoms with van der Waals surface area (Å²) in [6.45, 7) is 0. The first kappa shape index (κ1) is 41.8. The van der Waals surface area contributed by atoms with Crippen LogP contribution in [-0.2, 0) is 0 Å². The lowest BCUT2D eigenvalue weighted by Gasteiger charge is -2.12. The first-order valence-corrected chi connectivity index (χ1v) is 21.3. The Labute approximate surface area is 371 Å². The zero-order valence-corrected chi connectivity index (χ0v) is 36.0. The fourth-order valence-electron chi connectivity index (χ4n) is 7.44. The number of halogens is 3. The van der Waals surface area contributed by atoms with Gasteiger partial charge in [-0.1, -0.05) is 231 Å². The van der Waals surface area contributed by atoms with Gasteiger partial charge in [0.05, 0.1) is 0 Å². The van der Waals surface area contributed by atoms with Crippen LogP contribution in [0.25, 0.3) is 76.5 Å². The first-order chi connectivity index (χ1) is 28.4. The molecule has 0 aliphatic heterocycles. The van der Waals surface area contributed by atoms with Gasteiger partial charge in [0.2, 0.25) is 0 Å². The van der Waals surface area contributed by atoms with Crippen molar-refractivity contribution < 1.29 is 10.0 Å². The highest BCUT2D eigenvalue weighted by atomic mass is 79.9. The van der Waals surface area contributed by atoms with E-state index in [1.54, 1.807) is 0 Å². The molecule has 0 bridgehead atoms. The van der Waals surface area contributed by atoms with Gasteiger partial charge in [0.25, 0.3) is 0 Å². The zero-order chi connectivity index (χ0) is 40.0. The minimum Gasteiger partial charge on any atom is -0.423 e. The van der Waals surface area contributed by atoms with Gasteiger partial charge in [-0.3, -0.25) is 0 Å². The van der Waals surface area contributed by atoms with Crippen LogP contribution in [0.1, 0.15) is 7.43 Å². The normalized spacial score (nSPS) is 10.7. The minimum atomic E-state index is -1.44. The van der Waals surface area contributed by atoms with E-state index in [0.29, 0.717) is 5.46 Å². The second kappa shape index (κ2) is 19.2. The van der Waals surface area contributed by atoms with E-state index >= 15 is 0 Å². The summed E-state index contributed by atoms with van der Waals surface area (Å²) in [5.74, 6) is 0. The summed E-state index contributed by atoms with van der Waals surface area (Å²) >= 11 is 10.6. The maximum atomic E-state index is 9.44. The molecule has 0 spiro atoms. The van der Waals surface area contributed by atoms with E-state index in [1.165, 1.54) is 54.9 Å². The van der Waals surface area contributed by atoms with Crippen molar-refractivity contribution in [3.8, 4) is 33.4 Å². The van der Waals surface area contributed by atoms with Crippen LogP contribution < -0.4 is 5.46 Å². The zero-order valence-electron chi connectivity index (χ0n) is 31.2. The van der Waals surface area contributed by atoms with Crippen molar-refractivity contribution in [2.24, 2.45) is 0 Å². The predicted octanol–water partition coefficient (Wildman–Crippen LogP) is 15.3. The smallest absolute Gasteiger partial charge is 0.423 e. The molecule has 0 saturated heterocycles. The molecule has 0 saturated carbocycles. The third-order valence-electron chi connectivity index (χ3n) is 10.3. The molecule has 288 valence electrons. The second-order valence-corrected chi connectivity index (χ2v) is 16.5. The van der Waals surface area contributed by atoms with Crippen molar-refractivity contribution in [1.82, 2.24) is 0 Å². The molecule has 10 aromatic carbocycles. The van der Waals surface area contributed by atoms with E-state index in [4.69, 9.17) is 0 Å². The Balaban J connectivity index is 0.000000143. The van der Waals surface area contributed by atoms with Gasteiger partial charge in [0, 0.05) is 13.4 Å². The Kier molecular flexibility index (Phi) is 13.6. The summed E-state index contributed by atoms with van der Waals surface area (Å²) in [5, 5.41) is 28.2. The first-order valence-electron chi connectivity index (χ1n) is 18.9. The summed E-state index contributed by atoms with van der Waals surface area (Å²) in [4.78, 5) is 0. The predicted molar refractivity (Wildman–Crippen MR) is 265 cm³/mol. The molecule has 2 N–H and O–H groups in total. The quantitative estimate of drug-likeness (QED) is 0.136. The fourth-order valence-corrected chi connectivity index (χ4v) is 8.73. The Morgan fingerprint density at radius 3 is 1.17 bits per heavy atom. The van der Waals surface area contributed by atoms with Crippen LogP contribution in [0.3, 0.4) is 0 Å². The molecule has 0 heterocycles. The molecule has 0 radical (unpaired) electrons. The highest BCUT2D eigenvalue weighted by Gasteiger charge is 2.16. The molecular formula is C53H40BBr3O2. The minimum absolute atomic E-state index is 0. The Morgan fingerprint density at radius 2 is 0.678 bits per heavy atom. The molecule has 10 rings (SSSR count). The Bertz CT molecular complexity index is 3020. The number of fused-ring (bicyclic) bond motifs is 6. The highest BCUT2D eigenvalue weighted by molar-refractivity contribution is 9.11. The molecule has 59 heavy (non-hydrogen) atoms. The van der Waals surface area contributed by atoms with E-state index in [0.717, 1.165) is 35.0 Å². The maximum absolute atomic E-state index is 9.44. The number of hydrogen-bond acceptors (Lipinski definition) is 2. The van der Waals surface area contributed by atoms with Gasteiger partial charge in [-0.2, -0.15) is 0 Å².